The van der Waals surface area contributed by atoms with Gasteiger partial charge in [-0.1, -0.05) is 26.0 Å². The van der Waals surface area contributed by atoms with Crippen LogP contribution in [0.25, 0.3) is 0 Å². The Morgan fingerprint density at radius 3 is 2.56 bits per heavy atom. The Labute approximate surface area is 170 Å². The minimum Gasteiger partial charge on any atom is -0.492 e. The van der Waals surface area contributed by atoms with Crippen molar-refractivity contribution in [3.63, 3.8) is 0 Å². The molecule has 144 valence electrons. The van der Waals surface area contributed by atoms with Gasteiger partial charge in [0.05, 0.1) is 6.54 Å². The molecule has 2 N–H and O–H groups in total. The van der Waals surface area contributed by atoms with Crippen LogP contribution in [0.4, 0.5) is 0 Å². The highest BCUT2D eigenvalue weighted by molar-refractivity contribution is 14.0. The smallest absolute Gasteiger partial charge is 0.191 e. The summed E-state index contributed by atoms with van der Waals surface area (Å²) in [6, 6.07) is 8.54. The van der Waals surface area contributed by atoms with Gasteiger partial charge < -0.3 is 20.3 Å². The lowest BCUT2D eigenvalue weighted by molar-refractivity contribution is 0.261. The van der Waals surface area contributed by atoms with E-state index < -0.39 is 0 Å². The molecule has 1 atom stereocenters. The second kappa shape index (κ2) is 13.2. The summed E-state index contributed by atoms with van der Waals surface area (Å²) in [5, 5.41) is 6.75. The van der Waals surface area contributed by atoms with Crippen LogP contribution < -0.4 is 15.4 Å². The lowest BCUT2D eigenvalue weighted by atomic mass is 10.1. The molecule has 0 radical (unpaired) electrons. The number of nitrogens with zero attached hydrogens (tertiary/aromatic N) is 2. The summed E-state index contributed by atoms with van der Waals surface area (Å²) in [5.74, 6) is 2.32. The molecule has 0 fully saturated rings. The molecule has 0 aliphatic heterocycles. The number of halogens is 1. The van der Waals surface area contributed by atoms with Gasteiger partial charge in [0, 0.05) is 19.1 Å². The number of hydrogen-bond donors (Lipinski definition) is 2. The maximum absolute atomic E-state index is 5.79. The Morgan fingerprint density at radius 2 is 1.96 bits per heavy atom. The van der Waals surface area contributed by atoms with Crippen molar-refractivity contribution in [3.8, 4) is 5.75 Å². The van der Waals surface area contributed by atoms with E-state index in [1.807, 2.05) is 26.2 Å². The summed E-state index contributed by atoms with van der Waals surface area (Å²) in [5.41, 5.74) is 1.15. The first-order valence-electron chi connectivity index (χ1n) is 8.83. The second-order valence-corrected chi connectivity index (χ2v) is 6.67. The molecular formula is C19H35IN4O. The highest BCUT2D eigenvalue weighted by Crippen LogP contribution is 2.14. The zero-order valence-corrected chi connectivity index (χ0v) is 18.8. The Hall–Kier alpha value is -1.02. The number of ether oxygens (including phenoxy) is 1. The molecule has 0 saturated carbocycles. The lowest BCUT2D eigenvalue weighted by Gasteiger charge is -2.20. The first kappa shape index (κ1) is 24.0. The van der Waals surface area contributed by atoms with Crippen LogP contribution in [0.3, 0.4) is 0 Å². The van der Waals surface area contributed by atoms with Gasteiger partial charge in [-0.15, -0.1) is 24.0 Å². The van der Waals surface area contributed by atoms with E-state index in [4.69, 9.17) is 4.74 Å². The molecule has 1 aromatic rings. The molecule has 0 heterocycles. The lowest BCUT2D eigenvalue weighted by Crippen LogP contribution is -2.44. The van der Waals surface area contributed by atoms with Gasteiger partial charge in [0.15, 0.2) is 5.96 Å². The van der Waals surface area contributed by atoms with Crippen LogP contribution in [0.5, 0.6) is 5.75 Å². The third kappa shape index (κ3) is 10.5. The Bertz CT molecular complexity index is 506. The van der Waals surface area contributed by atoms with Crippen LogP contribution in [0.1, 0.15) is 33.3 Å². The zero-order chi connectivity index (χ0) is 17.9. The molecule has 1 aromatic carbocycles. The summed E-state index contributed by atoms with van der Waals surface area (Å²) < 4.78 is 5.79. The number of likely N-dealkylation sites (N-methyl/N-ethyl adjacent to an activating group) is 1. The van der Waals surface area contributed by atoms with Gasteiger partial charge in [-0.25, -0.2) is 4.99 Å². The number of hydrogen-bond acceptors (Lipinski definition) is 3. The average molecular weight is 462 g/mol. The van der Waals surface area contributed by atoms with Crippen molar-refractivity contribution in [2.24, 2.45) is 10.9 Å². The van der Waals surface area contributed by atoms with Crippen LogP contribution in [0.2, 0.25) is 0 Å². The summed E-state index contributed by atoms with van der Waals surface area (Å²) in [6.45, 7) is 11.7. The van der Waals surface area contributed by atoms with Crippen molar-refractivity contribution < 1.29 is 4.74 Å². The van der Waals surface area contributed by atoms with Gasteiger partial charge in [-0.05, 0) is 51.6 Å². The summed E-state index contributed by atoms with van der Waals surface area (Å²) in [7, 11) is 4.09. The van der Waals surface area contributed by atoms with Crippen LogP contribution in [-0.4, -0.2) is 50.7 Å². The third-order valence-corrected chi connectivity index (χ3v) is 3.83. The van der Waals surface area contributed by atoms with Gasteiger partial charge in [0.2, 0.25) is 0 Å². The molecule has 6 heteroatoms. The molecule has 5 nitrogen and oxygen atoms in total. The third-order valence-electron chi connectivity index (χ3n) is 3.83. The fourth-order valence-corrected chi connectivity index (χ4v) is 1.95. The molecule has 0 saturated heterocycles. The predicted molar refractivity (Wildman–Crippen MR) is 118 cm³/mol. The van der Waals surface area contributed by atoms with Crippen LogP contribution in [0.15, 0.2) is 29.3 Å². The standard InChI is InChI=1S/C19H34N4O.HI/c1-7-20-19(22-16(4)15(2)3)21-14-17-9-8-10-18(13-17)24-12-11-23(5)6;/h8-10,13,15-16H,7,11-12,14H2,1-6H3,(H2,20,21,22);1H. The van der Waals surface area contributed by atoms with Crippen molar-refractivity contribution >= 4 is 29.9 Å². The molecule has 0 aliphatic rings. The fourth-order valence-electron chi connectivity index (χ4n) is 1.95. The molecule has 0 spiro atoms. The summed E-state index contributed by atoms with van der Waals surface area (Å²) in [6.07, 6.45) is 0. The molecule has 0 amide bonds. The highest BCUT2D eigenvalue weighted by Gasteiger charge is 2.08. The van der Waals surface area contributed by atoms with Crippen molar-refractivity contribution in [2.45, 2.75) is 40.3 Å². The highest BCUT2D eigenvalue weighted by atomic mass is 127. The largest absolute Gasteiger partial charge is 0.492 e. The summed E-state index contributed by atoms with van der Waals surface area (Å²) in [4.78, 5) is 6.80. The van der Waals surface area contributed by atoms with Crippen LogP contribution in [0, 0.1) is 5.92 Å². The Balaban J connectivity index is 0.00000576. The molecule has 1 unspecified atom stereocenters. The van der Waals surface area contributed by atoms with Crippen molar-refractivity contribution in [1.82, 2.24) is 15.5 Å². The van der Waals surface area contributed by atoms with E-state index in [-0.39, 0.29) is 24.0 Å². The normalized spacial score (nSPS) is 12.7. The van der Waals surface area contributed by atoms with Gasteiger partial charge in [-0.3, -0.25) is 0 Å². The molecule has 0 aliphatic carbocycles. The van der Waals surface area contributed by atoms with Crippen LogP contribution >= 0.6 is 24.0 Å². The number of benzene rings is 1. The van der Waals surface area contributed by atoms with Gasteiger partial charge in [0.25, 0.3) is 0 Å². The van der Waals surface area contributed by atoms with Crippen molar-refractivity contribution in [3.05, 3.63) is 29.8 Å². The average Bonchev–Trinajstić information content (AvgIpc) is 2.52. The number of guanidine groups is 1. The monoisotopic (exact) mass is 462 g/mol. The quantitative estimate of drug-likeness (QED) is 0.336. The Kier molecular flexibility index (Phi) is 12.7. The second-order valence-electron chi connectivity index (χ2n) is 6.67. The predicted octanol–water partition coefficient (Wildman–Crippen LogP) is 3.34. The van der Waals surface area contributed by atoms with E-state index in [1.54, 1.807) is 0 Å². The van der Waals surface area contributed by atoms with E-state index in [0.29, 0.717) is 25.1 Å². The first-order chi connectivity index (χ1) is 11.4. The van der Waals surface area contributed by atoms with Crippen molar-refractivity contribution in [1.29, 1.82) is 0 Å². The van der Waals surface area contributed by atoms with E-state index in [2.05, 4.69) is 60.4 Å². The number of aliphatic imine (C=N–C) groups is 1. The van der Waals surface area contributed by atoms with Gasteiger partial charge in [0.1, 0.15) is 12.4 Å². The van der Waals surface area contributed by atoms with Gasteiger partial charge in [-0.2, -0.15) is 0 Å². The minimum absolute atomic E-state index is 0. The fraction of sp³-hybridized carbons (Fsp3) is 0.632. The molecule has 0 bridgehead atoms. The topological polar surface area (TPSA) is 48.9 Å². The number of rotatable bonds is 9. The van der Waals surface area contributed by atoms with E-state index in [0.717, 1.165) is 30.4 Å². The minimum atomic E-state index is 0. The maximum atomic E-state index is 5.79. The zero-order valence-electron chi connectivity index (χ0n) is 16.5. The van der Waals surface area contributed by atoms with Crippen LogP contribution in [-0.2, 0) is 6.54 Å². The first-order valence-corrected chi connectivity index (χ1v) is 8.83. The molecule has 0 aromatic heterocycles. The Morgan fingerprint density at radius 1 is 1.24 bits per heavy atom. The van der Waals surface area contributed by atoms with E-state index >= 15 is 0 Å². The molecule has 1 rings (SSSR count). The maximum Gasteiger partial charge on any atom is 0.191 e. The van der Waals surface area contributed by atoms with E-state index in [9.17, 15) is 0 Å². The molecule has 25 heavy (non-hydrogen) atoms. The SMILES string of the molecule is CCNC(=NCc1cccc(OCCN(C)C)c1)NC(C)C(C)C.I. The van der Waals surface area contributed by atoms with Gasteiger partial charge >= 0.3 is 0 Å². The van der Waals surface area contributed by atoms with E-state index in [1.165, 1.54) is 0 Å². The summed E-state index contributed by atoms with van der Waals surface area (Å²) >= 11 is 0. The van der Waals surface area contributed by atoms with Crippen molar-refractivity contribution in [2.75, 3.05) is 33.8 Å². The molecular weight excluding hydrogens is 427 g/mol. The number of nitrogens with one attached hydrogen (secondary N) is 2.